The van der Waals surface area contributed by atoms with Crippen molar-refractivity contribution < 1.29 is 13.3 Å². The zero-order valence-electron chi connectivity index (χ0n) is 25.8. The highest BCUT2D eigenvalue weighted by Gasteiger charge is 2.48. The Labute approximate surface area is 242 Å². The predicted octanol–water partition coefficient (Wildman–Crippen LogP) is 4.22. The second-order valence-corrected chi connectivity index (χ2v) is 18.1. The minimum absolute atomic E-state index is 0.667. The summed E-state index contributed by atoms with van der Waals surface area (Å²) in [5.74, 6) is 0. The summed E-state index contributed by atoms with van der Waals surface area (Å²) in [5, 5.41) is 1.63. The first-order valence-electron chi connectivity index (χ1n) is 15.8. The number of likely N-dealkylation sites (N-methyl/N-ethyl adjacent to an activating group) is 2. The number of benzene rings is 1. The van der Waals surface area contributed by atoms with Gasteiger partial charge in [-0.25, -0.2) is 0 Å². The van der Waals surface area contributed by atoms with E-state index in [1.54, 1.807) is 5.19 Å². The molecular weight excluding hydrogens is 521 g/mol. The van der Waals surface area contributed by atoms with Crippen LogP contribution in [0.3, 0.4) is 0 Å². The van der Waals surface area contributed by atoms with Crippen LogP contribution in [0.5, 0.6) is 0 Å². The van der Waals surface area contributed by atoms with Crippen molar-refractivity contribution in [3.8, 4) is 0 Å². The average Bonchev–Trinajstić information content (AvgIpc) is 2.94. The van der Waals surface area contributed by atoms with Crippen LogP contribution in [0.4, 0.5) is 0 Å². The van der Waals surface area contributed by atoms with E-state index >= 15 is 0 Å². The lowest BCUT2D eigenvalue weighted by molar-refractivity contribution is 0.0706. The zero-order chi connectivity index (χ0) is 28.0. The topological polar surface area (TPSA) is 40.7 Å². The number of hydrogen-bond acceptors (Lipinski definition) is 7. The number of rotatable bonds is 18. The molecular formula is C30H58N4O3Si2. The molecule has 2 heterocycles. The molecule has 0 N–H and O–H groups in total. The van der Waals surface area contributed by atoms with Gasteiger partial charge >= 0.3 is 8.80 Å². The van der Waals surface area contributed by atoms with Gasteiger partial charge in [0.15, 0.2) is 0 Å². The molecule has 1 aromatic carbocycles. The van der Waals surface area contributed by atoms with Gasteiger partial charge in [0.2, 0.25) is 8.40 Å². The van der Waals surface area contributed by atoms with Gasteiger partial charge in [-0.15, -0.1) is 0 Å². The van der Waals surface area contributed by atoms with Crippen molar-refractivity contribution in [2.75, 3.05) is 86.3 Å². The highest BCUT2D eigenvalue weighted by atomic mass is 28.4. The third-order valence-corrected chi connectivity index (χ3v) is 17.1. The Morgan fingerprint density at radius 1 is 0.564 bits per heavy atom. The first-order chi connectivity index (χ1) is 19.0. The summed E-state index contributed by atoms with van der Waals surface area (Å²) < 4.78 is 24.1. The fourth-order valence-corrected chi connectivity index (χ4v) is 14.6. The van der Waals surface area contributed by atoms with Gasteiger partial charge in [-0.3, -0.25) is 0 Å². The smallest absolute Gasteiger partial charge is 0.374 e. The van der Waals surface area contributed by atoms with E-state index in [9.17, 15) is 0 Å². The molecule has 0 saturated carbocycles. The Bertz CT molecular complexity index is 736. The van der Waals surface area contributed by atoms with E-state index in [0.29, 0.717) is 19.8 Å². The van der Waals surface area contributed by atoms with Crippen LogP contribution < -0.4 is 5.19 Å². The molecule has 39 heavy (non-hydrogen) atoms. The lowest BCUT2D eigenvalue weighted by atomic mass is 10.1. The summed E-state index contributed by atoms with van der Waals surface area (Å²) in [6.45, 7) is 17.7. The van der Waals surface area contributed by atoms with Crippen LogP contribution in [0, 0.1) is 0 Å². The van der Waals surface area contributed by atoms with Crippen LogP contribution >= 0.6 is 0 Å². The first-order valence-corrected chi connectivity index (χ1v) is 19.9. The monoisotopic (exact) mass is 578 g/mol. The first kappa shape index (κ1) is 32.9. The molecule has 7 nitrogen and oxygen atoms in total. The summed E-state index contributed by atoms with van der Waals surface area (Å²) in [5.41, 5.74) is 0. The van der Waals surface area contributed by atoms with Gasteiger partial charge in [-0.2, -0.15) is 0 Å². The van der Waals surface area contributed by atoms with E-state index in [1.807, 2.05) is 20.8 Å². The number of hydrogen-bond donors (Lipinski definition) is 0. The quantitative estimate of drug-likeness (QED) is 0.191. The van der Waals surface area contributed by atoms with Crippen molar-refractivity contribution in [3.05, 3.63) is 30.3 Å². The summed E-state index contributed by atoms with van der Waals surface area (Å²) in [6.07, 6.45) is 7.63. The highest BCUT2D eigenvalue weighted by Crippen LogP contribution is 2.27. The molecule has 0 aromatic heterocycles. The molecule has 2 aliphatic heterocycles. The summed E-state index contributed by atoms with van der Waals surface area (Å²) in [7, 11) is 0.0790. The predicted molar refractivity (Wildman–Crippen MR) is 168 cm³/mol. The van der Waals surface area contributed by atoms with Gasteiger partial charge < -0.3 is 32.2 Å². The molecule has 2 fully saturated rings. The second kappa shape index (κ2) is 17.4. The van der Waals surface area contributed by atoms with Gasteiger partial charge in [0.1, 0.15) is 0 Å². The maximum Gasteiger partial charge on any atom is 0.500 e. The molecule has 0 radical (unpaired) electrons. The molecule has 3 rings (SSSR count). The largest absolute Gasteiger partial charge is 0.500 e. The Hall–Kier alpha value is -0.626. The van der Waals surface area contributed by atoms with Crippen molar-refractivity contribution in [2.45, 2.75) is 71.4 Å². The molecule has 224 valence electrons. The fourth-order valence-electron chi connectivity index (χ4n) is 6.50. The van der Waals surface area contributed by atoms with Gasteiger partial charge in [-0.05, 0) is 52.5 Å². The Morgan fingerprint density at radius 2 is 0.974 bits per heavy atom. The van der Waals surface area contributed by atoms with Gasteiger partial charge in [0.05, 0.1) is 0 Å². The van der Waals surface area contributed by atoms with E-state index in [1.165, 1.54) is 90.5 Å². The summed E-state index contributed by atoms with van der Waals surface area (Å²) in [4.78, 5) is 5.01. The number of nitrogens with zero attached hydrogens (tertiary/aromatic N) is 4. The molecule has 0 unspecified atom stereocenters. The average molecular weight is 579 g/mol. The third-order valence-electron chi connectivity index (χ3n) is 8.64. The van der Waals surface area contributed by atoms with Crippen LogP contribution in [0.1, 0.15) is 59.3 Å². The van der Waals surface area contributed by atoms with E-state index in [4.69, 9.17) is 13.3 Å². The van der Waals surface area contributed by atoms with Gasteiger partial charge in [0.25, 0.3) is 0 Å². The summed E-state index contributed by atoms with van der Waals surface area (Å²) >= 11 is 0. The molecule has 0 amide bonds. The minimum atomic E-state index is -2.49. The number of piperazine rings is 2. The maximum atomic E-state index is 6.05. The maximum absolute atomic E-state index is 6.05. The Kier molecular flexibility index (Phi) is 14.6. The lowest BCUT2D eigenvalue weighted by Crippen LogP contribution is -2.76. The molecule has 2 saturated heterocycles. The minimum Gasteiger partial charge on any atom is -0.374 e. The van der Waals surface area contributed by atoms with Gasteiger partial charge in [-0.1, -0.05) is 62.4 Å². The van der Waals surface area contributed by atoms with E-state index in [0.717, 1.165) is 12.5 Å². The summed E-state index contributed by atoms with van der Waals surface area (Å²) in [6, 6.07) is 13.9. The lowest BCUT2D eigenvalue weighted by Gasteiger charge is -2.53. The van der Waals surface area contributed by atoms with Crippen LogP contribution in [0.2, 0.25) is 12.1 Å². The SMILES string of the molecule is CCO[Si](CCCCCCCC[Si](c1ccccc1)(N1CCN(C)CC1)N1CCN(C)CC1)(OCC)OCC. The number of unbranched alkanes of at least 4 members (excludes halogenated alkanes) is 5. The van der Waals surface area contributed by atoms with Crippen molar-refractivity contribution in [3.63, 3.8) is 0 Å². The van der Waals surface area contributed by atoms with Crippen LogP contribution in [-0.4, -0.2) is 122 Å². The zero-order valence-corrected chi connectivity index (χ0v) is 27.8. The van der Waals surface area contributed by atoms with Crippen molar-refractivity contribution in [2.24, 2.45) is 0 Å². The fraction of sp³-hybridized carbons (Fsp3) is 0.800. The van der Waals surface area contributed by atoms with Crippen molar-refractivity contribution in [1.82, 2.24) is 18.9 Å². The molecule has 2 aliphatic rings. The highest BCUT2D eigenvalue weighted by molar-refractivity contribution is 6.87. The molecule has 9 heteroatoms. The van der Waals surface area contributed by atoms with E-state index in [2.05, 4.69) is 63.4 Å². The Balaban J connectivity index is 1.59. The van der Waals surface area contributed by atoms with Crippen LogP contribution in [0.15, 0.2) is 30.3 Å². The standard InChI is InChI=1S/C30H58N4O3Si2/c1-6-35-39(36-7-2,37-8-3)29-17-12-10-9-11-16-28-38(30-18-14-13-15-19-30,33-24-20-31(4)21-25-33)34-26-22-32(5)23-27-34/h13-15,18-19H,6-12,16-17,20-29H2,1-5H3. The Morgan fingerprint density at radius 3 is 1.41 bits per heavy atom. The second-order valence-electron chi connectivity index (χ2n) is 11.4. The molecule has 0 aliphatic carbocycles. The van der Waals surface area contributed by atoms with Crippen LogP contribution in [-0.2, 0) is 13.3 Å². The molecule has 1 aromatic rings. The van der Waals surface area contributed by atoms with Crippen molar-refractivity contribution >= 4 is 22.4 Å². The van der Waals surface area contributed by atoms with Crippen LogP contribution in [0.25, 0.3) is 0 Å². The van der Waals surface area contributed by atoms with Gasteiger partial charge in [0, 0.05) is 78.2 Å². The third kappa shape index (κ3) is 9.44. The van der Waals surface area contributed by atoms with E-state index in [-0.39, 0.29) is 0 Å². The van der Waals surface area contributed by atoms with Crippen molar-refractivity contribution in [1.29, 1.82) is 0 Å². The molecule has 0 atom stereocenters. The normalized spacial score (nSPS) is 19.1. The van der Waals surface area contributed by atoms with E-state index < -0.39 is 17.2 Å². The molecule has 0 spiro atoms. The molecule has 0 bridgehead atoms.